The molecule has 0 aliphatic carbocycles. The van der Waals surface area contributed by atoms with Crippen molar-refractivity contribution < 1.29 is 13.9 Å². The van der Waals surface area contributed by atoms with Crippen LogP contribution < -0.4 is 10.1 Å². The fraction of sp³-hybridized carbons (Fsp3) is 0.364. The van der Waals surface area contributed by atoms with Crippen LogP contribution in [-0.2, 0) is 11.3 Å². The van der Waals surface area contributed by atoms with Gasteiger partial charge in [0.25, 0.3) is 0 Å². The van der Waals surface area contributed by atoms with Crippen LogP contribution in [0.4, 0.5) is 0 Å². The van der Waals surface area contributed by atoms with Crippen molar-refractivity contribution in [3.8, 4) is 5.75 Å². The predicted octanol–water partition coefficient (Wildman–Crippen LogP) is 4.84. The summed E-state index contributed by atoms with van der Waals surface area (Å²) in [5, 5.41) is 4.71. The minimum atomic E-state index is 0.263. The minimum Gasteiger partial charge on any atom is -0.490 e. The number of ether oxygens (including phenoxy) is 2. The molecule has 2 aromatic carbocycles. The van der Waals surface area contributed by atoms with Gasteiger partial charge in [0.2, 0.25) is 0 Å². The van der Waals surface area contributed by atoms with E-state index in [1.807, 2.05) is 6.07 Å². The maximum absolute atomic E-state index is 6.04. The topological polar surface area (TPSA) is 43.6 Å². The second-order valence-corrected chi connectivity index (χ2v) is 6.89. The molecule has 3 aromatic rings. The van der Waals surface area contributed by atoms with Gasteiger partial charge in [-0.05, 0) is 42.3 Å². The van der Waals surface area contributed by atoms with Gasteiger partial charge in [-0.15, -0.1) is 0 Å². The lowest BCUT2D eigenvalue weighted by atomic mass is 10.1. The Hall–Kier alpha value is -2.30. The standard InChI is InChI=1S/C22H25NO3/c1-16(23-15-17-2-3-19-8-13-25-22(19)14-17)18-4-6-20(7-5-18)26-21-9-11-24-12-10-21/h2-8,13-14,16,21,23H,9-12,15H2,1H3. The van der Waals surface area contributed by atoms with Gasteiger partial charge < -0.3 is 19.2 Å². The third-order valence-corrected chi connectivity index (χ3v) is 4.98. The number of nitrogens with one attached hydrogen (secondary N) is 1. The predicted molar refractivity (Wildman–Crippen MR) is 102 cm³/mol. The SMILES string of the molecule is CC(NCc1ccc2ccoc2c1)c1ccc(OC2CCOCC2)cc1. The van der Waals surface area contributed by atoms with Gasteiger partial charge in [0, 0.05) is 30.8 Å². The van der Waals surface area contributed by atoms with E-state index in [1.54, 1.807) is 6.26 Å². The zero-order valence-electron chi connectivity index (χ0n) is 15.1. The van der Waals surface area contributed by atoms with Crippen LogP contribution in [-0.4, -0.2) is 19.3 Å². The Morgan fingerprint density at radius 1 is 1.08 bits per heavy atom. The summed E-state index contributed by atoms with van der Waals surface area (Å²) in [5.74, 6) is 0.941. The molecule has 1 aromatic heterocycles. The van der Waals surface area contributed by atoms with E-state index in [2.05, 4.69) is 54.7 Å². The third kappa shape index (κ3) is 4.09. The summed E-state index contributed by atoms with van der Waals surface area (Å²) in [6.07, 6.45) is 3.95. The molecule has 1 aliphatic heterocycles. The molecule has 0 bridgehead atoms. The van der Waals surface area contributed by atoms with E-state index in [-0.39, 0.29) is 12.1 Å². The van der Waals surface area contributed by atoms with Gasteiger partial charge in [0.1, 0.15) is 17.4 Å². The number of hydrogen-bond acceptors (Lipinski definition) is 4. The summed E-state index contributed by atoms with van der Waals surface area (Å²) < 4.78 is 16.9. The molecular weight excluding hydrogens is 326 g/mol. The van der Waals surface area contributed by atoms with Crippen LogP contribution in [0.15, 0.2) is 59.2 Å². The monoisotopic (exact) mass is 351 g/mol. The van der Waals surface area contributed by atoms with E-state index in [1.165, 1.54) is 11.1 Å². The van der Waals surface area contributed by atoms with Crippen LogP contribution in [0.1, 0.15) is 36.9 Å². The number of fused-ring (bicyclic) bond motifs is 1. The van der Waals surface area contributed by atoms with Crippen LogP contribution in [0.3, 0.4) is 0 Å². The molecule has 1 fully saturated rings. The molecule has 0 amide bonds. The lowest BCUT2D eigenvalue weighted by Crippen LogP contribution is -2.25. The first-order valence-electron chi connectivity index (χ1n) is 9.32. The van der Waals surface area contributed by atoms with E-state index < -0.39 is 0 Å². The Balaban J connectivity index is 1.32. The van der Waals surface area contributed by atoms with E-state index in [0.29, 0.717) is 0 Å². The highest BCUT2D eigenvalue weighted by Crippen LogP contribution is 2.22. The van der Waals surface area contributed by atoms with E-state index in [0.717, 1.165) is 49.3 Å². The smallest absolute Gasteiger partial charge is 0.134 e. The summed E-state index contributed by atoms with van der Waals surface area (Å²) in [5.41, 5.74) is 3.41. The van der Waals surface area contributed by atoms with E-state index in [4.69, 9.17) is 13.9 Å². The van der Waals surface area contributed by atoms with Gasteiger partial charge in [0.15, 0.2) is 0 Å². The van der Waals surface area contributed by atoms with Gasteiger partial charge in [-0.3, -0.25) is 0 Å². The first-order chi connectivity index (χ1) is 12.8. The van der Waals surface area contributed by atoms with E-state index >= 15 is 0 Å². The molecule has 1 aliphatic rings. The second-order valence-electron chi connectivity index (χ2n) is 6.89. The van der Waals surface area contributed by atoms with Crippen molar-refractivity contribution in [2.45, 2.75) is 38.5 Å². The van der Waals surface area contributed by atoms with Crippen molar-refractivity contribution >= 4 is 11.0 Å². The number of furan rings is 1. The van der Waals surface area contributed by atoms with Crippen molar-refractivity contribution in [1.29, 1.82) is 0 Å². The molecule has 0 saturated carbocycles. The first-order valence-corrected chi connectivity index (χ1v) is 9.32. The Morgan fingerprint density at radius 3 is 2.69 bits per heavy atom. The number of rotatable bonds is 6. The molecule has 0 radical (unpaired) electrons. The maximum Gasteiger partial charge on any atom is 0.134 e. The fourth-order valence-electron chi connectivity index (χ4n) is 3.32. The van der Waals surface area contributed by atoms with Crippen LogP contribution in [0, 0.1) is 0 Å². The molecule has 1 unspecified atom stereocenters. The molecule has 0 spiro atoms. The van der Waals surface area contributed by atoms with Crippen molar-refractivity contribution in [2.75, 3.05) is 13.2 Å². The van der Waals surface area contributed by atoms with Crippen molar-refractivity contribution in [2.24, 2.45) is 0 Å². The Bertz CT molecular complexity index is 834. The molecule has 4 rings (SSSR count). The highest BCUT2D eigenvalue weighted by Gasteiger charge is 2.15. The molecule has 136 valence electrons. The summed E-state index contributed by atoms with van der Waals surface area (Å²) in [4.78, 5) is 0. The molecule has 4 heteroatoms. The van der Waals surface area contributed by atoms with Crippen LogP contribution >= 0.6 is 0 Å². The van der Waals surface area contributed by atoms with Gasteiger partial charge in [-0.25, -0.2) is 0 Å². The Labute approximate surface area is 154 Å². The zero-order valence-corrected chi connectivity index (χ0v) is 15.1. The number of hydrogen-bond donors (Lipinski definition) is 1. The van der Waals surface area contributed by atoms with Gasteiger partial charge in [-0.2, -0.15) is 0 Å². The maximum atomic E-state index is 6.04. The Morgan fingerprint density at radius 2 is 1.88 bits per heavy atom. The Kier molecular flexibility index (Phi) is 5.23. The molecule has 2 heterocycles. The molecule has 26 heavy (non-hydrogen) atoms. The average Bonchev–Trinajstić information content (AvgIpc) is 3.15. The zero-order chi connectivity index (χ0) is 17.8. The quantitative estimate of drug-likeness (QED) is 0.690. The molecule has 1 atom stereocenters. The first kappa shape index (κ1) is 17.1. The summed E-state index contributed by atoms with van der Waals surface area (Å²) in [6, 6.07) is 17.0. The van der Waals surface area contributed by atoms with Crippen molar-refractivity contribution in [3.63, 3.8) is 0 Å². The highest BCUT2D eigenvalue weighted by atomic mass is 16.5. The highest BCUT2D eigenvalue weighted by molar-refractivity contribution is 5.77. The van der Waals surface area contributed by atoms with E-state index in [9.17, 15) is 0 Å². The fourth-order valence-corrected chi connectivity index (χ4v) is 3.32. The summed E-state index contributed by atoms with van der Waals surface area (Å²) in [7, 11) is 0. The lowest BCUT2D eigenvalue weighted by molar-refractivity contribution is 0.0255. The van der Waals surface area contributed by atoms with Crippen LogP contribution in [0.25, 0.3) is 11.0 Å². The summed E-state index contributed by atoms with van der Waals surface area (Å²) >= 11 is 0. The molecule has 1 saturated heterocycles. The molecule has 4 nitrogen and oxygen atoms in total. The molecular formula is C22H25NO3. The van der Waals surface area contributed by atoms with Crippen molar-refractivity contribution in [1.82, 2.24) is 5.32 Å². The molecule has 1 N–H and O–H groups in total. The second kappa shape index (κ2) is 7.94. The van der Waals surface area contributed by atoms with Gasteiger partial charge in [-0.1, -0.05) is 24.3 Å². The minimum absolute atomic E-state index is 0.263. The largest absolute Gasteiger partial charge is 0.490 e. The third-order valence-electron chi connectivity index (χ3n) is 4.98. The van der Waals surface area contributed by atoms with Crippen molar-refractivity contribution in [3.05, 3.63) is 65.9 Å². The van der Waals surface area contributed by atoms with Gasteiger partial charge >= 0.3 is 0 Å². The average molecular weight is 351 g/mol. The summed E-state index contributed by atoms with van der Waals surface area (Å²) in [6.45, 7) is 4.58. The normalized spacial score (nSPS) is 16.7. The van der Waals surface area contributed by atoms with Gasteiger partial charge in [0.05, 0.1) is 19.5 Å². The van der Waals surface area contributed by atoms with Crippen LogP contribution in [0.5, 0.6) is 5.75 Å². The van der Waals surface area contributed by atoms with Crippen LogP contribution in [0.2, 0.25) is 0 Å². The number of benzene rings is 2. The lowest BCUT2D eigenvalue weighted by Gasteiger charge is -2.23.